The lowest BCUT2D eigenvalue weighted by molar-refractivity contribution is -0.132. The number of hydrogen-bond donors (Lipinski definition) is 4. The maximum absolute atomic E-state index is 13.0. The highest BCUT2D eigenvalue weighted by atomic mass is 16.5. The molecule has 0 spiro atoms. The predicted molar refractivity (Wildman–Crippen MR) is 180 cm³/mol. The van der Waals surface area contributed by atoms with Crippen molar-refractivity contribution in [1.29, 1.82) is 0 Å². The van der Waals surface area contributed by atoms with E-state index in [0.717, 1.165) is 24.7 Å². The van der Waals surface area contributed by atoms with E-state index in [1.807, 2.05) is 32.0 Å². The second-order valence-corrected chi connectivity index (χ2v) is 13.0. The summed E-state index contributed by atoms with van der Waals surface area (Å²) in [6.45, 7) is 13.1. The molecule has 0 radical (unpaired) electrons. The number of carbonyl (C=O) groups excluding carboxylic acids is 3. The fourth-order valence-corrected chi connectivity index (χ4v) is 4.83. The summed E-state index contributed by atoms with van der Waals surface area (Å²) in [5, 5.41) is 18.9. The average molecular weight is 667 g/mol. The Morgan fingerprint density at radius 2 is 1.66 bits per heavy atom. The molecule has 1 amide bonds. The summed E-state index contributed by atoms with van der Waals surface area (Å²) < 4.78 is 20.4. The molecule has 0 aliphatic rings. The number of ketones is 1. The highest BCUT2D eigenvalue weighted by Gasteiger charge is 2.32. The molecule has 0 unspecified atom stereocenters. The van der Waals surface area contributed by atoms with Crippen LogP contribution in [0.2, 0.25) is 0 Å². The third kappa shape index (κ3) is 17.9. The molecule has 12 heteroatoms. The second-order valence-electron chi connectivity index (χ2n) is 13.0. The molecule has 0 bridgehead atoms. The van der Waals surface area contributed by atoms with E-state index in [1.54, 1.807) is 28.1 Å². The van der Waals surface area contributed by atoms with E-state index in [1.165, 1.54) is 0 Å². The number of carbonyl (C=O) groups is 4. The van der Waals surface area contributed by atoms with Gasteiger partial charge in [-0.15, -0.1) is 0 Å². The van der Waals surface area contributed by atoms with Gasteiger partial charge in [0.05, 0.1) is 25.9 Å². The first-order chi connectivity index (χ1) is 22.0. The van der Waals surface area contributed by atoms with Gasteiger partial charge in [0.25, 0.3) is 6.47 Å². The van der Waals surface area contributed by atoms with Gasteiger partial charge in [0.1, 0.15) is 12.0 Å². The lowest BCUT2D eigenvalue weighted by Gasteiger charge is -2.30. The molecule has 0 saturated carbocycles. The largest absolute Gasteiger partial charge is 0.493 e. The van der Waals surface area contributed by atoms with Gasteiger partial charge < -0.3 is 40.6 Å². The van der Waals surface area contributed by atoms with Crippen molar-refractivity contribution in [3.05, 3.63) is 36.1 Å². The first-order valence-corrected chi connectivity index (χ1v) is 16.0. The molecule has 0 saturated heterocycles. The van der Waals surface area contributed by atoms with Gasteiger partial charge in [0, 0.05) is 43.9 Å². The normalized spacial score (nSPS) is 14.1. The number of aliphatic hydroxyl groups is 1. The number of nitrogens with two attached hydrogens (primary N) is 2. The van der Waals surface area contributed by atoms with Crippen LogP contribution in [0.15, 0.2) is 30.5 Å². The Bertz CT molecular complexity index is 1120. The molecule has 6 N–H and O–H groups in total. The Kier molecular flexibility index (Phi) is 21.2. The van der Waals surface area contributed by atoms with E-state index in [4.69, 9.17) is 30.8 Å². The highest BCUT2D eigenvalue weighted by Crippen LogP contribution is 2.32. The maximum atomic E-state index is 13.0. The number of primary amides is 1. The Morgan fingerprint density at radius 3 is 2.17 bits per heavy atom. The summed E-state index contributed by atoms with van der Waals surface area (Å²) in [4.78, 5) is 43.6. The minimum Gasteiger partial charge on any atom is -0.493 e. The molecule has 47 heavy (non-hydrogen) atoms. The van der Waals surface area contributed by atoms with Gasteiger partial charge in [-0.3, -0.25) is 14.4 Å². The number of amides is 1. The van der Waals surface area contributed by atoms with Crippen LogP contribution >= 0.6 is 0 Å². The number of methoxy groups -OCH3 is 2. The van der Waals surface area contributed by atoms with Crippen LogP contribution in [0.3, 0.4) is 0 Å². The quantitative estimate of drug-likeness (QED) is 0.0563. The van der Waals surface area contributed by atoms with Gasteiger partial charge in [0.15, 0.2) is 11.5 Å². The number of carboxylic acid groups (broad SMARTS) is 1. The number of aliphatic carboxylic acids is 1. The van der Waals surface area contributed by atoms with E-state index >= 15 is 0 Å². The minimum absolute atomic E-state index is 0.0437. The molecule has 0 fully saturated rings. The second kappa shape index (κ2) is 22.9. The molecule has 268 valence electrons. The molecular formula is C35H58N2O10. The number of rotatable bonds is 23. The van der Waals surface area contributed by atoms with Crippen LogP contribution in [0.25, 0.3) is 0 Å². The molecule has 1 aromatic rings. The number of ether oxygens (including phenoxy) is 4. The van der Waals surface area contributed by atoms with Crippen molar-refractivity contribution in [2.24, 2.45) is 40.6 Å². The Hall–Kier alpha value is -3.48. The van der Waals surface area contributed by atoms with Crippen molar-refractivity contribution in [2.45, 2.75) is 92.2 Å². The van der Waals surface area contributed by atoms with Gasteiger partial charge in [-0.05, 0) is 61.1 Å². The van der Waals surface area contributed by atoms with Crippen molar-refractivity contribution < 1.29 is 48.3 Å². The summed E-state index contributed by atoms with van der Waals surface area (Å²) in [6.07, 6.45) is 3.85. The van der Waals surface area contributed by atoms with Crippen LogP contribution in [0, 0.1) is 29.1 Å². The smallest absolute Gasteiger partial charge is 0.331 e. The highest BCUT2D eigenvalue weighted by molar-refractivity contribution is 5.84. The van der Waals surface area contributed by atoms with Crippen LogP contribution in [0.4, 0.5) is 0 Å². The van der Waals surface area contributed by atoms with Crippen LogP contribution in [-0.4, -0.2) is 73.9 Å². The van der Waals surface area contributed by atoms with E-state index in [0.29, 0.717) is 56.0 Å². The zero-order valence-electron chi connectivity index (χ0n) is 29.4. The third-order valence-corrected chi connectivity index (χ3v) is 8.21. The predicted octanol–water partition coefficient (Wildman–Crippen LogP) is 4.28. The van der Waals surface area contributed by atoms with Gasteiger partial charge in [-0.25, -0.2) is 4.79 Å². The van der Waals surface area contributed by atoms with Crippen molar-refractivity contribution >= 4 is 24.1 Å². The summed E-state index contributed by atoms with van der Waals surface area (Å²) in [6, 6.07) is 5.52. The topological polar surface area (TPSA) is 198 Å². The lowest BCUT2D eigenvalue weighted by Crippen LogP contribution is -2.41. The lowest BCUT2D eigenvalue weighted by atomic mass is 9.78. The zero-order valence-corrected chi connectivity index (χ0v) is 29.4. The minimum atomic E-state index is -1.15. The summed E-state index contributed by atoms with van der Waals surface area (Å²) >= 11 is 0. The van der Waals surface area contributed by atoms with Gasteiger partial charge in [0.2, 0.25) is 5.91 Å². The van der Waals surface area contributed by atoms with Crippen LogP contribution < -0.4 is 20.9 Å². The Morgan fingerprint density at radius 1 is 1.00 bits per heavy atom. The molecule has 12 nitrogen and oxygen atoms in total. The Labute approximate surface area is 280 Å². The third-order valence-electron chi connectivity index (χ3n) is 8.21. The average Bonchev–Trinajstić information content (AvgIpc) is 3.00. The molecule has 1 aromatic carbocycles. The van der Waals surface area contributed by atoms with Crippen LogP contribution in [-0.2, 0) is 35.1 Å². The van der Waals surface area contributed by atoms with E-state index < -0.39 is 29.4 Å². The van der Waals surface area contributed by atoms with Crippen molar-refractivity contribution in [1.82, 2.24) is 0 Å². The van der Waals surface area contributed by atoms with Crippen molar-refractivity contribution in [3.8, 4) is 11.5 Å². The van der Waals surface area contributed by atoms with E-state index in [-0.39, 0.29) is 36.4 Å². The molecule has 0 aromatic heterocycles. The Balaban J connectivity index is 0.00000233. The molecule has 1 rings (SSSR count). The summed E-state index contributed by atoms with van der Waals surface area (Å²) in [7, 11) is 3.30. The number of Topliss-reactive ketones (excluding diaryl/α,β-unsaturated/α-hetero) is 1. The van der Waals surface area contributed by atoms with E-state index in [2.05, 4.69) is 18.6 Å². The number of hydrogen-bond acceptors (Lipinski definition) is 10. The zero-order chi connectivity index (χ0) is 36.2. The first kappa shape index (κ1) is 43.5. The van der Waals surface area contributed by atoms with Gasteiger partial charge in [-0.2, -0.15) is 0 Å². The van der Waals surface area contributed by atoms with Crippen molar-refractivity contribution in [3.63, 3.8) is 0 Å². The number of carboxylic acids is 1. The molecule has 0 aliphatic carbocycles. The van der Waals surface area contributed by atoms with Crippen LogP contribution in [0.5, 0.6) is 11.5 Å². The molecular weight excluding hydrogens is 608 g/mol. The summed E-state index contributed by atoms with van der Waals surface area (Å²) in [5.74, 6) is 0.173. The van der Waals surface area contributed by atoms with Crippen molar-refractivity contribution in [2.75, 3.05) is 27.4 Å². The maximum Gasteiger partial charge on any atom is 0.331 e. The van der Waals surface area contributed by atoms with E-state index in [9.17, 15) is 24.3 Å². The SMILES string of the molecule is COCCCOc1cc(C[C@@H](C[C@H](N)[C@@H](O)C[C@H](C(=O)CCC(C)(C)C(N)=O)C(C)C)C(C)C)ccc1OC.O=CO/C=C/C(=O)O. The number of aliphatic hydroxyl groups excluding tert-OH is 1. The molecule has 0 heterocycles. The summed E-state index contributed by atoms with van der Waals surface area (Å²) in [5.41, 5.74) is 12.4. The fourth-order valence-electron chi connectivity index (χ4n) is 4.83. The molecule has 4 atom stereocenters. The first-order valence-electron chi connectivity index (χ1n) is 16.0. The fraction of sp³-hybridized carbons (Fsp3) is 0.657. The van der Waals surface area contributed by atoms with Gasteiger partial charge >= 0.3 is 5.97 Å². The number of benzene rings is 1. The van der Waals surface area contributed by atoms with Crippen LogP contribution in [0.1, 0.15) is 79.2 Å². The molecule has 0 aliphatic heterocycles. The van der Waals surface area contributed by atoms with Gasteiger partial charge in [-0.1, -0.05) is 47.6 Å². The monoisotopic (exact) mass is 666 g/mol. The standard InChI is InChI=1S/C31H54N2O6.C4H4O4/c1-20(2)23(16-22-10-11-28(38-8)29(17-22)39-15-9-14-37-7)18-25(32)27(35)19-24(21(3)4)26(34)12-13-31(5,6)30(33)36;5-3-8-2-1-4(6)7/h10-11,17,20-21,23-25,27,35H,9,12-16,18-19,32H2,1-8H3,(H2,33,36);1-3H,(H,6,7)/b;2-1+/t23-,24-,25-,27-;/m0./s1.